The second-order valence-corrected chi connectivity index (χ2v) is 5.71. The van der Waals surface area contributed by atoms with Crippen LogP contribution in [0.5, 0.6) is 5.75 Å². The van der Waals surface area contributed by atoms with Crippen LogP contribution in [0.15, 0.2) is 42.6 Å². The Labute approximate surface area is 139 Å². The first kappa shape index (κ1) is 14.9. The molecule has 3 aromatic rings. The van der Waals surface area contributed by atoms with Crippen molar-refractivity contribution in [2.45, 2.75) is 6.42 Å². The summed E-state index contributed by atoms with van der Waals surface area (Å²) in [5, 5.41) is 4.14. The Morgan fingerprint density at radius 1 is 1.17 bits per heavy atom. The van der Waals surface area contributed by atoms with Gasteiger partial charge < -0.3 is 15.0 Å². The molecule has 0 amide bonds. The number of benzene rings is 1. The third kappa shape index (κ3) is 2.57. The number of hydrogen-bond acceptors (Lipinski definition) is 3. The van der Waals surface area contributed by atoms with Crippen molar-refractivity contribution >= 4 is 16.6 Å². The summed E-state index contributed by atoms with van der Waals surface area (Å²) in [4.78, 5) is 7.78. The zero-order chi connectivity index (χ0) is 16.5. The molecule has 0 aliphatic carbocycles. The van der Waals surface area contributed by atoms with E-state index in [1.165, 1.54) is 17.7 Å². The van der Waals surface area contributed by atoms with Gasteiger partial charge in [0.2, 0.25) is 0 Å². The molecular weight excluding hydrogens is 305 g/mol. The first-order valence-electron chi connectivity index (χ1n) is 7.84. The van der Waals surface area contributed by atoms with Crippen LogP contribution < -0.4 is 10.1 Å². The number of aromatic nitrogens is 2. The van der Waals surface area contributed by atoms with Crippen LogP contribution in [-0.2, 0) is 0 Å². The minimum atomic E-state index is -0.290. The molecule has 1 aliphatic heterocycles. The molecule has 1 radical (unpaired) electrons. The number of pyridine rings is 1. The predicted molar refractivity (Wildman–Crippen MR) is 92.9 cm³/mol. The van der Waals surface area contributed by atoms with E-state index in [2.05, 4.69) is 27.4 Å². The molecule has 2 N–H and O–H groups in total. The van der Waals surface area contributed by atoms with Crippen molar-refractivity contribution < 1.29 is 9.13 Å². The molecule has 0 saturated carbocycles. The topological polar surface area (TPSA) is 49.9 Å². The number of methoxy groups -OCH3 is 1. The fourth-order valence-electron chi connectivity index (χ4n) is 3.08. The maximum atomic E-state index is 13.8. The Hall–Kier alpha value is -2.66. The lowest BCUT2D eigenvalue weighted by atomic mass is 10.0. The predicted octanol–water partition coefficient (Wildman–Crippen LogP) is 3.92. The van der Waals surface area contributed by atoms with Crippen molar-refractivity contribution in [3.05, 3.63) is 60.7 Å². The van der Waals surface area contributed by atoms with E-state index in [-0.39, 0.29) is 5.82 Å². The van der Waals surface area contributed by atoms with Gasteiger partial charge in [0.1, 0.15) is 17.2 Å². The van der Waals surface area contributed by atoms with Crippen LogP contribution in [-0.4, -0.2) is 23.6 Å². The molecule has 3 heterocycles. The van der Waals surface area contributed by atoms with Crippen LogP contribution in [0.25, 0.3) is 27.7 Å². The van der Waals surface area contributed by atoms with E-state index < -0.39 is 0 Å². The average Bonchev–Trinajstić information content (AvgIpc) is 3.06. The van der Waals surface area contributed by atoms with Gasteiger partial charge in [0.15, 0.2) is 0 Å². The summed E-state index contributed by atoms with van der Waals surface area (Å²) in [6, 6.07) is 8.51. The minimum Gasteiger partial charge on any atom is -0.496 e. The van der Waals surface area contributed by atoms with Gasteiger partial charge in [-0.2, -0.15) is 0 Å². The van der Waals surface area contributed by atoms with Gasteiger partial charge in [0, 0.05) is 29.4 Å². The number of hydrogen-bond donors (Lipinski definition) is 2. The van der Waals surface area contributed by atoms with Crippen LogP contribution in [0.3, 0.4) is 0 Å². The van der Waals surface area contributed by atoms with E-state index >= 15 is 0 Å². The lowest BCUT2D eigenvalue weighted by molar-refractivity contribution is 0.415. The Morgan fingerprint density at radius 3 is 2.88 bits per heavy atom. The molecule has 0 bridgehead atoms. The number of aromatic amines is 1. The third-order valence-electron chi connectivity index (χ3n) is 4.27. The van der Waals surface area contributed by atoms with Gasteiger partial charge in [-0.05, 0) is 54.4 Å². The largest absolute Gasteiger partial charge is 0.496 e. The first-order chi connectivity index (χ1) is 11.8. The Bertz CT molecular complexity index is 930. The lowest BCUT2D eigenvalue weighted by Crippen LogP contribution is -2.15. The molecule has 121 valence electrons. The SMILES string of the molecule is COc1ccc(F)cc1-c1ccnc2[nH]c(C3=C[CH]NCC3)cc12. The van der Waals surface area contributed by atoms with Crippen LogP contribution in [0.4, 0.5) is 4.39 Å². The van der Waals surface area contributed by atoms with Crippen molar-refractivity contribution in [3.8, 4) is 16.9 Å². The zero-order valence-corrected chi connectivity index (χ0v) is 13.3. The molecule has 0 unspecified atom stereocenters. The Balaban J connectivity index is 1.89. The number of rotatable bonds is 3. The molecule has 4 nitrogen and oxygen atoms in total. The van der Waals surface area contributed by atoms with Gasteiger partial charge in [-0.25, -0.2) is 9.37 Å². The quantitative estimate of drug-likeness (QED) is 0.768. The Kier molecular flexibility index (Phi) is 3.78. The second-order valence-electron chi connectivity index (χ2n) is 5.71. The normalized spacial score (nSPS) is 14.7. The average molecular weight is 322 g/mol. The van der Waals surface area contributed by atoms with E-state index in [1.54, 1.807) is 19.4 Å². The van der Waals surface area contributed by atoms with Crippen LogP contribution in [0.1, 0.15) is 12.1 Å². The smallest absolute Gasteiger partial charge is 0.138 e. The van der Waals surface area contributed by atoms with Gasteiger partial charge in [0.05, 0.1) is 7.11 Å². The van der Waals surface area contributed by atoms with Gasteiger partial charge in [-0.1, -0.05) is 6.08 Å². The molecule has 1 aliphatic rings. The van der Waals surface area contributed by atoms with Crippen molar-refractivity contribution in [1.29, 1.82) is 0 Å². The molecule has 0 saturated heterocycles. The number of H-pyrrole nitrogens is 1. The molecule has 2 aromatic heterocycles. The highest BCUT2D eigenvalue weighted by Crippen LogP contribution is 2.36. The molecule has 0 atom stereocenters. The van der Waals surface area contributed by atoms with E-state index in [4.69, 9.17) is 4.74 Å². The van der Waals surface area contributed by atoms with Crippen molar-refractivity contribution in [2.75, 3.05) is 13.7 Å². The van der Waals surface area contributed by atoms with Crippen LogP contribution in [0.2, 0.25) is 0 Å². The number of nitrogens with one attached hydrogen (secondary N) is 2. The Morgan fingerprint density at radius 2 is 2.08 bits per heavy atom. The summed E-state index contributed by atoms with van der Waals surface area (Å²) >= 11 is 0. The molecule has 24 heavy (non-hydrogen) atoms. The monoisotopic (exact) mass is 322 g/mol. The second kappa shape index (κ2) is 6.09. The van der Waals surface area contributed by atoms with Crippen LogP contribution in [0, 0.1) is 12.4 Å². The van der Waals surface area contributed by atoms with Crippen molar-refractivity contribution in [3.63, 3.8) is 0 Å². The zero-order valence-electron chi connectivity index (χ0n) is 13.3. The van der Waals surface area contributed by atoms with E-state index in [9.17, 15) is 4.39 Å². The number of nitrogens with zero attached hydrogens (tertiary/aromatic N) is 1. The molecule has 5 heteroatoms. The maximum absolute atomic E-state index is 13.8. The molecular formula is C19H17FN3O. The molecule has 1 aromatic carbocycles. The van der Waals surface area contributed by atoms with Gasteiger partial charge in [-0.15, -0.1) is 0 Å². The van der Waals surface area contributed by atoms with E-state index in [1.807, 2.05) is 12.6 Å². The maximum Gasteiger partial charge on any atom is 0.138 e. The summed E-state index contributed by atoms with van der Waals surface area (Å²) in [6.07, 6.45) is 4.74. The third-order valence-corrected chi connectivity index (χ3v) is 4.27. The number of fused-ring (bicyclic) bond motifs is 1. The minimum absolute atomic E-state index is 0.290. The first-order valence-corrected chi connectivity index (χ1v) is 7.84. The van der Waals surface area contributed by atoms with E-state index in [0.717, 1.165) is 40.8 Å². The molecule has 4 rings (SSSR count). The van der Waals surface area contributed by atoms with Gasteiger partial charge >= 0.3 is 0 Å². The summed E-state index contributed by atoms with van der Waals surface area (Å²) in [5.41, 5.74) is 4.67. The van der Waals surface area contributed by atoms with E-state index in [0.29, 0.717) is 5.75 Å². The fraction of sp³-hybridized carbons (Fsp3) is 0.158. The summed E-state index contributed by atoms with van der Waals surface area (Å²) in [7, 11) is 1.59. The van der Waals surface area contributed by atoms with Gasteiger partial charge in [0.25, 0.3) is 0 Å². The summed E-state index contributed by atoms with van der Waals surface area (Å²) < 4.78 is 19.2. The van der Waals surface area contributed by atoms with Crippen molar-refractivity contribution in [1.82, 2.24) is 15.3 Å². The summed E-state index contributed by atoms with van der Waals surface area (Å²) in [6.45, 7) is 2.87. The molecule has 0 spiro atoms. The molecule has 0 fully saturated rings. The highest BCUT2D eigenvalue weighted by atomic mass is 19.1. The highest BCUT2D eigenvalue weighted by molar-refractivity contribution is 5.96. The number of ether oxygens (including phenoxy) is 1. The summed E-state index contributed by atoms with van der Waals surface area (Å²) in [5.74, 6) is 0.350. The van der Waals surface area contributed by atoms with Gasteiger partial charge in [-0.3, -0.25) is 0 Å². The lowest BCUT2D eigenvalue weighted by Gasteiger charge is -2.11. The van der Waals surface area contributed by atoms with Crippen LogP contribution >= 0.6 is 0 Å². The fourth-order valence-corrected chi connectivity index (χ4v) is 3.08. The highest BCUT2D eigenvalue weighted by Gasteiger charge is 2.15. The number of halogens is 1. The van der Waals surface area contributed by atoms with Crippen molar-refractivity contribution in [2.24, 2.45) is 0 Å². The standard InChI is InChI=1S/C19H17FN3O/c1-24-18-3-2-13(20)10-15(18)14-6-9-22-19-16(14)11-17(23-19)12-4-7-21-8-5-12/h2-4,6-7,9-11,21H,5,8H2,1H3,(H,22,23).